The van der Waals surface area contributed by atoms with E-state index in [1.165, 1.54) is 22.0 Å². The minimum atomic E-state index is -0.194. The molecule has 0 aliphatic rings. The van der Waals surface area contributed by atoms with E-state index in [0.717, 1.165) is 5.56 Å². The van der Waals surface area contributed by atoms with E-state index < -0.39 is 0 Å². The van der Waals surface area contributed by atoms with Crippen LogP contribution in [0, 0.1) is 6.92 Å². The van der Waals surface area contributed by atoms with Gasteiger partial charge in [0.25, 0.3) is 5.56 Å². The zero-order valence-corrected chi connectivity index (χ0v) is 18.3. The van der Waals surface area contributed by atoms with Crippen LogP contribution >= 0.6 is 11.3 Å². The highest BCUT2D eigenvalue weighted by Crippen LogP contribution is 2.34. The summed E-state index contributed by atoms with van der Waals surface area (Å²) in [5, 5.41) is 0. The van der Waals surface area contributed by atoms with E-state index >= 15 is 0 Å². The third-order valence-corrected chi connectivity index (χ3v) is 5.86. The van der Waals surface area contributed by atoms with E-state index in [0.29, 0.717) is 37.6 Å². The first-order chi connectivity index (χ1) is 14.4. The van der Waals surface area contributed by atoms with Gasteiger partial charge in [-0.15, -0.1) is 11.3 Å². The topological polar surface area (TPSA) is 66.8 Å². The monoisotopic (exact) mass is 425 g/mol. The summed E-state index contributed by atoms with van der Waals surface area (Å²) in [6, 6.07) is 10.8. The van der Waals surface area contributed by atoms with Crippen LogP contribution in [0.15, 0.2) is 41.2 Å². The number of hydrogen-bond acceptors (Lipinski definition) is 6. The predicted molar refractivity (Wildman–Crippen MR) is 118 cm³/mol. The average molecular weight is 426 g/mol. The third kappa shape index (κ3) is 4.16. The lowest BCUT2D eigenvalue weighted by atomic mass is 10.1. The lowest BCUT2D eigenvalue weighted by Gasteiger charge is -2.11. The van der Waals surface area contributed by atoms with Crippen LogP contribution in [0.2, 0.25) is 0 Å². The summed E-state index contributed by atoms with van der Waals surface area (Å²) in [6.07, 6.45) is 3.22. The number of methoxy groups -OCH3 is 3. The number of nitrogens with zero attached hydrogens (tertiary/aromatic N) is 1. The standard InChI is InChI=1S/C23H23NO5S/c1-14-8-6-7-9-16(14)17(25)12-22-24(2)23(26)21(30-22)11-15-10-19(28-4)20(29-5)13-18(15)27-3/h6-13H,1-5H3/b21-11-,22-12-. The number of Topliss-reactive ketones (excluding diaryl/α,β-unsaturated/α-hetero) is 1. The maximum absolute atomic E-state index is 12.8. The molecule has 0 bridgehead atoms. The Morgan fingerprint density at radius 3 is 2.27 bits per heavy atom. The van der Waals surface area contributed by atoms with Gasteiger partial charge in [0.2, 0.25) is 0 Å². The summed E-state index contributed by atoms with van der Waals surface area (Å²) in [6.45, 7) is 1.89. The molecular weight excluding hydrogens is 402 g/mol. The van der Waals surface area contributed by atoms with E-state index in [1.54, 1.807) is 52.7 Å². The molecule has 0 atom stereocenters. The smallest absolute Gasteiger partial charge is 0.268 e. The number of hydrogen-bond donors (Lipinski definition) is 0. The highest BCUT2D eigenvalue weighted by Gasteiger charge is 2.12. The van der Waals surface area contributed by atoms with Crippen molar-refractivity contribution in [1.82, 2.24) is 4.57 Å². The van der Waals surface area contributed by atoms with Crippen LogP contribution in [-0.4, -0.2) is 31.7 Å². The summed E-state index contributed by atoms with van der Waals surface area (Å²) in [5.41, 5.74) is 1.99. The van der Waals surface area contributed by atoms with Gasteiger partial charge in [0.05, 0.1) is 25.9 Å². The number of ether oxygens (including phenoxy) is 3. The Bertz CT molecular complexity index is 1270. The molecule has 3 aromatic rings. The van der Waals surface area contributed by atoms with E-state index in [-0.39, 0.29) is 11.3 Å². The van der Waals surface area contributed by atoms with Crippen molar-refractivity contribution in [3.63, 3.8) is 0 Å². The van der Waals surface area contributed by atoms with Crippen LogP contribution in [0.1, 0.15) is 21.5 Å². The molecule has 0 aliphatic heterocycles. The molecule has 0 unspecified atom stereocenters. The predicted octanol–water partition coefficient (Wildman–Crippen LogP) is 2.27. The first-order valence-electron chi connectivity index (χ1n) is 9.18. The zero-order valence-electron chi connectivity index (χ0n) is 17.5. The first-order valence-corrected chi connectivity index (χ1v) is 10.0. The number of carbonyl (C=O) groups excluding carboxylic acids is 1. The summed E-state index contributed by atoms with van der Waals surface area (Å²) in [5.74, 6) is 1.47. The second-order valence-electron chi connectivity index (χ2n) is 6.59. The third-order valence-electron chi connectivity index (χ3n) is 4.75. The molecule has 0 N–H and O–H groups in total. The molecule has 156 valence electrons. The Kier molecular flexibility index (Phi) is 6.42. The molecule has 0 spiro atoms. The number of ketones is 1. The second-order valence-corrected chi connectivity index (χ2v) is 7.65. The van der Waals surface area contributed by atoms with Crippen LogP contribution in [0.3, 0.4) is 0 Å². The fourth-order valence-electron chi connectivity index (χ4n) is 3.05. The van der Waals surface area contributed by atoms with Gasteiger partial charge in [-0.25, -0.2) is 0 Å². The molecular formula is C23H23NO5S. The quantitative estimate of drug-likeness (QED) is 0.567. The molecule has 7 heteroatoms. The van der Waals surface area contributed by atoms with E-state index in [1.807, 2.05) is 25.1 Å². The van der Waals surface area contributed by atoms with Gasteiger partial charge < -0.3 is 18.8 Å². The Balaban J connectivity index is 2.14. The SMILES string of the molecule is COc1cc(OC)c(OC)cc1/C=c1\s/c(=C\C(=O)c2ccccc2C)n(C)c1=O. The molecule has 0 amide bonds. The van der Waals surface area contributed by atoms with Crippen molar-refractivity contribution in [1.29, 1.82) is 0 Å². The number of rotatable bonds is 6. The van der Waals surface area contributed by atoms with Crippen molar-refractivity contribution < 1.29 is 19.0 Å². The van der Waals surface area contributed by atoms with Crippen LogP contribution in [-0.2, 0) is 7.05 Å². The minimum absolute atomic E-state index is 0.139. The number of aromatic nitrogens is 1. The summed E-state index contributed by atoms with van der Waals surface area (Å²) < 4.78 is 18.6. The normalized spacial score (nSPS) is 12.2. The molecule has 0 fully saturated rings. The molecule has 1 aromatic heterocycles. The molecule has 6 nitrogen and oxygen atoms in total. The molecule has 3 rings (SSSR count). The summed E-state index contributed by atoms with van der Waals surface area (Å²) >= 11 is 1.24. The Morgan fingerprint density at radius 2 is 1.63 bits per heavy atom. The molecule has 30 heavy (non-hydrogen) atoms. The Morgan fingerprint density at radius 1 is 1.00 bits per heavy atom. The maximum atomic E-state index is 12.8. The van der Waals surface area contributed by atoms with Crippen LogP contribution in [0.25, 0.3) is 12.2 Å². The Hall–Kier alpha value is -3.32. The lowest BCUT2D eigenvalue weighted by molar-refractivity contribution is 0.106. The highest BCUT2D eigenvalue weighted by atomic mass is 32.1. The number of carbonyl (C=O) groups is 1. The van der Waals surface area contributed by atoms with Crippen molar-refractivity contribution >= 4 is 29.3 Å². The second kappa shape index (κ2) is 9.00. The minimum Gasteiger partial charge on any atom is -0.496 e. The zero-order chi connectivity index (χ0) is 21.8. The first kappa shape index (κ1) is 21.4. The van der Waals surface area contributed by atoms with Crippen molar-refractivity contribution in [2.75, 3.05) is 21.3 Å². The van der Waals surface area contributed by atoms with Gasteiger partial charge >= 0.3 is 0 Å². The van der Waals surface area contributed by atoms with Crippen LogP contribution in [0.4, 0.5) is 0 Å². The van der Waals surface area contributed by atoms with E-state index in [2.05, 4.69) is 0 Å². The van der Waals surface area contributed by atoms with Crippen molar-refractivity contribution in [2.24, 2.45) is 7.05 Å². The number of aryl methyl sites for hydroxylation is 1. The summed E-state index contributed by atoms with van der Waals surface area (Å²) in [7, 11) is 6.29. The summed E-state index contributed by atoms with van der Waals surface area (Å²) in [4.78, 5) is 25.5. The van der Waals surface area contributed by atoms with Gasteiger partial charge in [-0.3, -0.25) is 9.59 Å². The maximum Gasteiger partial charge on any atom is 0.268 e. The fraction of sp³-hybridized carbons (Fsp3) is 0.217. The van der Waals surface area contributed by atoms with Crippen molar-refractivity contribution in [3.8, 4) is 17.2 Å². The molecule has 0 saturated carbocycles. The van der Waals surface area contributed by atoms with Crippen molar-refractivity contribution in [2.45, 2.75) is 6.92 Å². The van der Waals surface area contributed by atoms with Crippen LogP contribution < -0.4 is 29.0 Å². The van der Waals surface area contributed by atoms with Gasteiger partial charge in [0.15, 0.2) is 17.3 Å². The number of thiazole rings is 1. The number of benzene rings is 2. The average Bonchev–Trinajstić information content (AvgIpc) is 3.01. The molecule has 1 heterocycles. The van der Waals surface area contributed by atoms with Gasteiger partial charge in [0, 0.05) is 30.3 Å². The molecule has 0 aliphatic carbocycles. The molecule has 0 saturated heterocycles. The van der Waals surface area contributed by atoms with Crippen LogP contribution in [0.5, 0.6) is 17.2 Å². The highest BCUT2D eigenvalue weighted by molar-refractivity contribution is 7.07. The van der Waals surface area contributed by atoms with Crippen molar-refractivity contribution in [3.05, 3.63) is 72.6 Å². The van der Waals surface area contributed by atoms with Gasteiger partial charge in [0.1, 0.15) is 10.4 Å². The van der Waals surface area contributed by atoms with Gasteiger partial charge in [-0.1, -0.05) is 24.3 Å². The van der Waals surface area contributed by atoms with Gasteiger partial charge in [-0.05, 0) is 24.6 Å². The lowest BCUT2D eigenvalue weighted by Crippen LogP contribution is -2.29. The Labute approximate surface area is 178 Å². The molecule has 2 aromatic carbocycles. The van der Waals surface area contributed by atoms with Gasteiger partial charge in [-0.2, -0.15) is 0 Å². The fourth-order valence-corrected chi connectivity index (χ4v) is 4.08. The van der Waals surface area contributed by atoms with E-state index in [4.69, 9.17) is 14.2 Å². The largest absolute Gasteiger partial charge is 0.496 e. The molecule has 0 radical (unpaired) electrons. The van der Waals surface area contributed by atoms with E-state index in [9.17, 15) is 9.59 Å².